The van der Waals surface area contributed by atoms with E-state index in [-0.39, 0.29) is 0 Å². The van der Waals surface area contributed by atoms with Crippen molar-refractivity contribution < 1.29 is 4.74 Å². The van der Waals surface area contributed by atoms with E-state index in [1.165, 1.54) is 0 Å². The first-order valence-electron chi connectivity index (χ1n) is 7.84. The molecule has 0 amide bonds. The molecule has 0 saturated heterocycles. The Bertz CT molecular complexity index is 1100. The van der Waals surface area contributed by atoms with Crippen LogP contribution in [0.1, 0.15) is 0 Å². The molecule has 0 aliphatic carbocycles. The number of pyridine rings is 2. The van der Waals surface area contributed by atoms with Gasteiger partial charge in [-0.25, -0.2) is 19.9 Å². The Morgan fingerprint density at radius 3 is 2.58 bits per heavy atom. The zero-order valence-electron chi connectivity index (χ0n) is 13.8. The number of nitrogens with zero attached hydrogens (tertiary/aromatic N) is 4. The summed E-state index contributed by atoms with van der Waals surface area (Å²) < 4.78 is 6.04. The largest absolute Gasteiger partial charge is 0.481 e. The van der Waals surface area contributed by atoms with Gasteiger partial charge in [0.15, 0.2) is 11.5 Å². The lowest BCUT2D eigenvalue weighted by molar-refractivity contribution is 0.398. The fourth-order valence-electron chi connectivity index (χ4n) is 2.60. The summed E-state index contributed by atoms with van der Waals surface area (Å²) in [6.45, 7) is 0. The fraction of sp³-hybridized carbons (Fsp3) is 0.0526. The number of ether oxygens (including phenoxy) is 1. The quantitative estimate of drug-likeness (QED) is 0.549. The highest BCUT2D eigenvalue weighted by Gasteiger charge is 2.11. The Morgan fingerprint density at radius 2 is 1.85 bits per heavy atom. The molecule has 128 valence electrons. The van der Waals surface area contributed by atoms with Crippen molar-refractivity contribution in [1.82, 2.24) is 19.9 Å². The van der Waals surface area contributed by atoms with Crippen LogP contribution in [0.25, 0.3) is 33.7 Å². The van der Waals surface area contributed by atoms with Crippen LogP contribution in [0, 0.1) is 0 Å². The minimum Gasteiger partial charge on any atom is -0.481 e. The smallest absolute Gasteiger partial charge is 0.212 e. The lowest BCUT2D eigenvalue weighted by Gasteiger charge is -2.07. The van der Waals surface area contributed by atoms with E-state index in [0.29, 0.717) is 28.6 Å². The maximum absolute atomic E-state index is 6.13. The van der Waals surface area contributed by atoms with Crippen molar-refractivity contribution in [1.29, 1.82) is 0 Å². The second kappa shape index (κ2) is 6.68. The van der Waals surface area contributed by atoms with Gasteiger partial charge in [-0.2, -0.15) is 0 Å². The van der Waals surface area contributed by atoms with Crippen LogP contribution in [0.15, 0.2) is 59.2 Å². The number of methoxy groups -OCH3 is 1. The van der Waals surface area contributed by atoms with Crippen molar-refractivity contribution in [2.45, 2.75) is 0 Å². The zero-order valence-corrected chi connectivity index (χ0v) is 15.4. The van der Waals surface area contributed by atoms with Crippen LogP contribution in [-0.4, -0.2) is 27.0 Å². The average molecular weight is 408 g/mol. The van der Waals surface area contributed by atoms with Crippen molar-refractivity contribution in [2.24, 2.45) is 0 Å². The van der Waals surface area contributed by atoms with Gasteiger partial charge < -0.3 is 10.5 Å². The maximum Gasteiger partial charge on any atom is 0.212 e. The van der Waals surface area contributed by atoms with E-state index in [2.05, 4.69) is 35.9 Å². The number of hydrogen-bond donors (Lipinski definition) is 1. The SMILES string of the molecule is COc1ccc(-c2ccc3c(N)nc(-c4cccc(Br)c4)nc3n2)cn1. The molecule has 7 heteroatoms. The van der Waals surface area contributed by atoms with Gasteiger partial charge in [0.05, 0.1) is 18.2 Å². The van der Waals surface area contributed by atoms with Gasteiger partial charge in [0.1, 0.15) is 5.82 Å². The van der Waals surface area contributed by atoms with Crippen LogP contribution in [0.5, 0.6) is 5.88 Å². The number of halogens is 1. The second-order valence-electron chi connectivity index (χ2n) is 5.60. The minimum atomic E-state index is 0.400. The molecule has 0 spiro atoms. The zero-order chi connectivity index (χ0) is 18.1. The molecule has 26 heavy (non-hydrogen) atoms. The van der Waals surface area contributed by atoms with Gasteiger partial charge in [-0.1, -0.05) is 28.1 Å². The molecule has 0 bridgehead atoms. The first kappa shape index (κ1) is 16.4. The van der Waals surface area contributed by atoms with E-state index < -0.39 is 0 Å². The normalized spacial score (nSPS) is 10.8. The lowest BCUT2D eigenvalue weighted by Crippen LogP contribution is -2.00. The predicted octanol–water partition coefficient (Wildman–Crippen LogP) is 4.11. The van der Waals surface area contributed by atoms with Crippen molar-refractivity contribution in [3.63, 3.8) is 0 Å². The number of hydrogen-bond acceptors (Lipinski definition) is 6. The summed E-state index contributed by atoms with van der Waals surface area (Å²) in [6.07, 6.45) is 1.72. The summed E-state index contributed by atoms with van der Waals surface area (Å²) in [7, 11) is 1.58. The summed E-state index contributed by atoms with van der Waals surface area (Å²) in [6, 6.07) is 15.2. The predicted molar refractivity (Wildman–Crippen MR) is 105 cm³/mol. The number of nitrogens with two attached hydrogens (primary N) is 1. The molecule has 2 N–H and O–H groups in total. The minimum absolute atomic E-state index is 0.400. The molecule has 3 aromatic heterocycles. The molecular weight excluding hydrogens is 394 g/mol. The third-order valence-corrected chi connectivity index (χ3v) is 4.41. The topological polar surface area (TPSA) is 86.8 Å². The molecule has 0 radical (unpaired) electrons. The van der Waals surface area contributed by atoms with E-state index >= 15 is 0 Å². The molecule has 1 aromatic carbocycles. The average Bonchev–Trinajstić information content (AvgIpc) is 2.67. The second-order valence-corrected chi connectivity index (χ2v) is 6.52. The van der Waals surface area contributed by atoms with E-state index in [0.717, 1.165) is 21.3 Å². The number of fused-ring (bicyclic) bond motifs is 1. The Kier molecular flexibility index (Phi) is 4.22. The van der Waals surface area contributed by atoms with Gasteiger partial charge in [0.25, 0.3) is 0 Å². The highest BCUT2D eigenvalue weighted by molar-refractivity contribution is 9.10. The maximum atomic E-state index is 6.13. The third kappa shape index (κ3) is 3.09. The standard InChI is InChI=1S/C19H14BrN5O/c1-26-16-8-5-12(10-22-16)15-7-6-14-17(21)24-18(25-19(14)23-15)11-3-2-4-13(20)9-11/h2-10H,1H3,(H2,21,23,24,25). The molecule has 4 aromatic rings. The molecule has 0 atom stereocenters. The summed E-state index contributed by atoms with van der Waals surface area (Å²) >= 11 is 3.46. The van der Waals surface area contributed by atoms with E-state index in [1.54, 1.807) is 19.4 Å². The van der Waals surface area contributed by atoms with Gasteiger partial charge in [0, 0.05) is 27.9 Å². The summed E-state index contributed by atoms with van der Waals surface area (Å²) in [5, 5.41) is 0.717. The molecule has 0 unspecified atom stereocenters. The number of anilines is 1. The Hall–Kier alpha value is -3.06. The number of benzene rings is 1. The first-order valence-corrected chi connectivity index (χ1v) is 8.64. The van der Waals surface area contributed by atoms with Crippen LogP contribution >= 0.6 is 15.9 Å². The highest BCUT2D eigenvalue weighted by atomic mass is 79.9. The van der Waals surface area contributed by atoms with Crippen molar-refractivity contribution in [2.75, 3.05) is 12.8 Å². The van der Waals surface area contributed by atoms with E-state index in [9.17, 15) is 0 Å². The van der Waals surface area contributed by atoms with E-state index in [4.69, 9.17) is 10.5 Å². The molecule has 0 aliphatic heterocycles. The number of aromatic nitrogens is 4. The van der Waals surface area contributed by atoms with Crippen LogP contribution in [0.4, 0.5) is 5.82 Å². The van der Waals surface area contributed by atoms with Crippen LogP contribution < -0.4 is 10.5 Å². The van der Waals surface area contributed by atoms with Gasteiger partial charge in [-0.05, 0) is 30.3 Å². The molecular formula is C19H14BrN5O. The molecule has 6 nitrogen and oxygen atoms in total. The number of nitrogen functional groups attached to an aromatic ring is 1. The van der Waals surface area contributed by atoms with E-state index in [1.807, 2.05) is 42.5 Å². The van der Waals surface area contributed by atoms with Crippen molar-refractivity contribution in [3.8, 4) is 28.5 Å². The first-order chi connectivity index (χ1) is 12.6. The molecule has 3 heterocycles. The molecule has 0 saturated carbocycles. The Balaban J connectivity index is 1.83. The third-order valence-electron chi connectivity index (χ3n) is 3.91. The van der Waals surface area contributed by atoms with Crippen LogP contribution in [-0.2, 0) is 0 Å². The van der Waals surface area contributed by atoms with Crippen molar-refractivity contribution in [3.05, 3.63) is 59.2 Å². The molecule has 4 rings (SSSR count). The highest BCUT2D eigenvalue weighted by Crippen LogP contribution is 2.26. The van der Waals surface area contributed by atoms with Gasteiger partial charge in [-0.3, -0.25) is 0 Å². The summed E-state index contributed by atoms with van der Waals surface area (Å²) in [5.41, 5.74) is 9.16. The summed E-state index contributed by atoms with van der Waals surface area (Å²) in [4.78, 5) is 17.9. The Morgan fingerprint density at radius 1 is 0.962 bits per heavy atom. The van der Waals surface area contributed by atoms with Gasteiger partial charge in [-0.15, -0.1) is 0 Å². The van der Waals surface area contributed by atoms with Crippen molar-refractivity contribution >= 4 is 32.8 Å². The van der Waals surface area contributed by atoms with Gasteiger partial charge in [0.2, 0.25) is 5.88 Å². The lowest BCUT2D eigenvalue weighted by atomic mass is 10.1. The Labute approximate surface area is 158 Å². The molecule has 0 aliphatic rings. The van der Waals surface area contributed by atoms with Crippen LogP contribution in [0.3, 0.4) is 0 Å². The van der Waals surface area contributed by atoms with Gasteiger partial charge >= 0.3 is 0 Å². The monoisotopic (exact) mass is 407 g/mol. The van der Waals surface area contributed by atoms with Crippen LogP contribution in [0.2, 0.25) is 0 Å². The molecule has 0 fully saturated rings. The number of rotatable bonds is 3. The fourth-order valence-corrected chi connectivity index (χ4v) is 3.00. The summed E-state index contributed by atoms with van der Waals surface area (Å²) in [5.74, 6) is 1.49.